The number of rotatable bonds is 6. The quantitative estimate of drug-likeness (QED) is 0.795. The lowest BCUT2D eigenvalue weighted by Crippen LogP contribution is -2.11. The molecule has 2 N–H and O–H groups in total. The molecule has 5 heteroatoms. The lowest BCUT2D eigenvalue weighted by Gasteiger charge is -2.08. The van der Waals surface area contributed by atoms with Gasteiger partial charge in [0.25, 0.3) is 5.91 Å². The molecular formula is C18H20N2O3. The van der Waals surface area contributed by atoms with Crippen LogP contribution in [-0.4, -0.2) is 19.2 Å². The molecule has 0 fully saturated rings. The summed E-state index contributed by atoms with van der Waals surface area (Å²) in [6, 6.07) is 12.9. The second-order valence-electron chi connectivity index (χ2n) is 5.38. The third kappa shape index (κ3) is 3.74. The van der Waals surface area contributed by atoms with Crippen LogP contribution in [0.15, 0.2) is 42.5 Å². The monoisotopic (exact) mass is 312 g/mol. The zero-order valence-electron chi connectivity index (χ0n) is 13.1. The van der Waals surface area contributed by atoms with E-state index < -0.39 is 0 Å². The molecule has 23 heavy (non-hydrogen) atoms. The van der Waals surface area contributed by atoms with Crippen LogP contribution >= 0.6 is 0 Å². The van der Waals surface area contributed by atoms with E-state index in [-0.39, 0.29) is 12.7 Å². The summed E-state index contributed by atoms with van der Waals surface area (Å²) >= 11 is 0. The molecule has 0 aromatic heterocycles. The predicted octanol–water partition coefficient (Wildman–Crippen LogP) is 3.88. The van der Waals surface area contributed by atoms with Crippen molar-refractivity contribution in [1.82, 2.24) is 0 Å². The summed E-state index contributed by atoms with van der Waals surface area (Å²) in [5, 5.41) is 6.22. The summed E-state index contributed by atoms with van der Waals surface area (Å²) in [5.74, 6) is 1.10. The van der Waals surface area contributed by atoms with Crippen molar-refractivity contribution >= 4 is 17.3 Å². The Morgan fingerprint density at radius 3 is 2.57 bits per heavy atom. The maximum Gasteiger partial charge on any atom is 0.255 e. The van der Waals surface area contributed by atoms with Gasteiger partial charge in [0.2, 0.25) is 6.79 Å². The Labute approximate surface area is 135 Å². The minimum atomic E-state index is -0.171. The van der Waals surface area contributed by atoms with Gasteiger partial charge in [0.1, 0.15) is 0 Å². The number of carbonyl (C=O) groups excluding carboxylic acids is 1. The Balaban J connectivity index is 1.61. The molecular weight excluding hydrogens is 292 g/mol. The van der Waals surface area contributed by atoms with E-state index in [9.17, 15) is 4.79 Å². The Morgan fingerprint density at radius 2 is 1.78 bits per heavy atom. The lowest BCUT2D eigenvalue weighted by atomic mass is 10.2. The number of nitrogens with one attached hydrogen (secondary N) is 2. The van der Waals surface area contributed by atoms with Gasteiger partial charge in [-0.2, -0.15) is 0 Å². The number of hydrogen-bond acceptors (Lipinski definition) is 4. The highest BCUT2D eigenvalue weighted by Crippen LogP contribution is 2.32. The smallest absolute Gasteiger partial charge is 0.255 e. The van der Waals surface area contributed by atoms with Crippen molar-refractivity contribution in [2.45, 2.75) is 19.8 Å². The standard InChI is InChI=1S/C18H20N2O3/c1-2-3-10-19-14-5-7-15(8-6-14)20-18(21)13-4-9-16-17(11-13)23-12-22-16/h4-9,11,19H,2-3,10,12H2,1H3,(H,20,21). The molecule has 1 aliphatic heterocycles. The zero-order valence-corrected chi connectivity index (χ0v) is 13.1. The molecule has 0 unspecified atom stereocenters. The van der Waals surface area contributed by atoms with Crippen LogP contribution in [0.4, 0.5) is 11.4 Å². The van der Waals surface area contributed by atoms with Gasteiger partial charge in [-0.15, -0.1) is 0 Å². The molecule has 0 bridgehead atoms. The molecule has 120 valence electrons. The molecule has 0 aliphatic carbocycles. The van der Waals surface area contributed by atoms with Gasteiger partial charge in [0.15, 0.2) is 11.5 Å². The second kappa shape index (κ2) is 7.05. The fourth-order valence-electron chi connectivity index (χ4n) is 2.32. The molecule has 1 amide bonds. The van der Waals surface area contributed by atoms with E-state index >= 15 is 0 Å². The van der Waals surface area contributed by atoms with Crippen molar-refractivity contribution in [2.24, 2.45) is 0 Å². The molecule has 0 radical (unpaired) electrons. The van der Waals surface area contributed by atoms with Crippen LogP contribution in [0.3, 0.4) is 0 Å². The predicted molar refractivity (Wildman–Crippen MR) is 90.4 cm³/mol. The first-order chi connectivity index (χ1) is 11.3. The van der Waals surface area contributed by atoms with Gasteiger partial charge in [-0.05, 0) is 48.9 Å². The highest BCUT2D eigenvalue weighted by molar-refractivity contribution is 6.04. The molecule has 1 aliphatic rings. The minimum Gasteiger partial charge on any atom is -0.454 e. The van der Waals surface area contributed by atoms with Crippen LogP contribution in [0.2, 0.25) is 0 Å². The normalized spacial score (nSPS) is 12.0. The number of ether oxygens (including phenoxy) is 2. The van der Waals surface area contributed by atoms with Crippen molar-refractivity contribution in [3.05, 3.63) is 48.0 Å². The second-order valence-corrected chi connectivity index (χ2v) is 5.38. The van der Waals surface area contributed by atoms with Crippen LogP contribution in [0.1, 0.15) is 30.1 Å². The van der Waals surface area contributed by atoms with Gasteiger partial charge < -0.3 is 20.1 Å². The molecule has 2 aromatic rings. The number of benzene rings is 2. The van der Waals surface area contributed by atoms with E-state index in [0.717, 1.165) is 30.8 Å². The fraction of sp³-hybridized carbons (Fsp3) is 0.278. The minimum absolute atomic E-state index is 0.171. The number of carbonyl (C=O) groups is 1. The van der Waals surface area contributed by atoms with Crippen LogP contribution in [-0.2, 0) is 0 Å². The SMILES string of the molecule is CCCCNc1ccc(NC(=O)c2ccc3c(c2)OCO3)cc1. The average molecular weight is 312 g/mol. The van der Waals surface area contributed by atoms with Gasteiger partial charge in [0, 0.05) is 23.5 Å². The Kier molecular flexibility index (Phi) is 4.66. The third-order valence-electron chi connectivity index (χ3n) is 3.64. The number of anilines is 2. The largest absolute Gasteiger partial charge is 0.454 e. The maximum atomic E-state index is 12.3. The Morgan fingerprint density at radius 1 is 1.04 bits per heavy atom. The van der Waals surface area contributed by atoms with E-state index in [2.05, 4.69) is 17.6 Å². The number of hydrogen-bond donors (Lipinski definition) is 2. The highest BCUT2D eigenvalue weighted by Gasteiger charge is 2.16. The van der Waals surface area contributed by atoms with Crippen molar-refractivity contribution < 1.29 is 14.3 Å². The maximum absolute atomic E-state index is 12.3. The molecule has 0 saturated carbocycles. The molecule has 3 rings (SSSR count). The summed E-state index contributed by atoms with van der Waals surface area (Å²) in [6.07, 6.45) is 2.30. The molecule has 0 atom stereocenters. The first kappa shape index (κ1) is 15.2. The number of amides is 1. The van der Waals surface area contributed by atoms with E-state index in [4.69, 9.17) is 9.47 Å². The van der Waals surface area contributed by atoms with Crippen molar-refractivity contribution in [2.75, 3.05) is 24.0 Å². The fourth-order valence-corrected chi connectivity index (χ4v) is 2.32. The average Bonchev–Trinajstić information content (AvgIpc) is 3.04. The van der Waals surface area contributed by atoms with Crippen LogP contribution in [0.5, 0.6) is 11.5 Å². The van der Waals surface area contributed by atoms with Crippen molar-refractivity contribution in [3.8, 4) is 11.5 Å². The lowest BCUT2D eigenvalue weighted by molar-refractivity contribution is 0.102. The molecule has 2 aromatic carbocycles. The third-order valence-corrected chi connectivity index (χ3v) is 3.64. The summed E-state index contributed by atoms with van der Waals surface area (Å²) in [7, 11) is 0. The van der Waals surface area contributed by atoms with Crippen molar-refractivity contribution in [1.29, 1.82) is 0 Å². The number of unbranched alkanes of at least 4 members (excludes halogenated alkanes) is 1. The summed E-state index contributed by atoms with van der Waals surface area (Å²) in [6.45, 7) is 3.32. The van der Waals surface area contributed by atoms with Gasteiger partial charge in [-0.3, -0.25) is 4.79 Å². The van der Waals surface area contributed by atoms with E-state index in [1.807, 2.05) is 24.3 Å². The van der Waals surface area contributed by atoms with E-state index in [0.29, 0.717) is 17.1 Å². The van der Waals surface area contributed by atoms with E-state index in [1.54, 1.807) is 18.2 Å². The summed E-state index contributed by atoms with van der Waals surface area (Å²) in [4.78, 5) is 12.3. The van der Waals surface area contributed by atoms with Crippen LogP contribution < -0.4 is 20.1 Å². The Bertz CT molecular complexity index is 683. The van der Waals surface area contributed by atoms with Gasteiger partial charge in [-0.25, -0.2) is 0 Å². The topological polar surface area (TPSA) is 59.6 Å². The first-order valence-corrected chi connectivity index (χ1v) is 7.81. The van der Waals surface area contributed by atoms with E-state index in [1.165, 1.54) is 0 Å². The van der Waals surface area contributed by atoms with Crippen LogP contribution in [0, 0.1) is 0 Å². The molecule has 1 heterocycles. The van der Waals surface area contributed by atoms with Crippen molar-refractivity contribution in [3.63, 3.8) is 0 Å². The highest BCUT2D eigenvalue weighted by atomic mass is 16.7. The Hall–Kier alpha value is -2.69. The molecule has 0 spiro atoms. The molecule has 0 saturated heterocycles. The number of fused-ring (bicyclic) bond motifs is 1. The first-order valence-electron chi connectivity index (χ1n) is 7.81. The van der Waals surface area contributed by atoms with Gasteiger partial charge in [-0.1, -0.05) is 13.3 Å². The summed E-state index contributed by atoms with van der Waals surface area (Å²) in [5.41, 5.74) is 2.35. The molecule has 5 nitrogen and oxygen atoms in total. The van der Waals surface area contributed by atoms with Gasteiger partial charge >= 0.3 is 0 Å². The van der Waals surface area contributed by atoms with Gasteiger partial charge in [0.05, 0.1) is 0 Å². The van der Waals surface area contributed by atoms with Crippen LogP contribution in [0.25, 0.3) is 0 Å². The summed E-state index contributed by atoms with van der Waals surface area (Å²) < 4.78 is 10.5. The zero-order chi connectivity index (χ0) is 16.1.